The van der Waals surface area contributed by atoms with E-state index in [1.54, 1.807) is 0 Å². The molecule has 0 atom stereocenters. The Morgan fingerprint density at radius 1 is 0.526 bits per heavy atom. The number of hydrogen-bond donors (Lipinski definition) is 1. The summed E-state index contributed by atoms with van der Waals surface area (Å²) in [5.74, 6) is 0. The number of nitrogens with one attached hydrogen (secondary N) is 1. The van der Waals surface area contributed by atoms with Crippen molar-refractivity contribution in [1.82, 2.24) is 0 Å². The minimum absolute atomic E-state index is 1.05. The summed E-state index contributed by atoms with van der Waals surface area (Å²) < 4.78 is 0. The average Bonchev–Trinajstić information content (AvgIpc) is 2.97. The maximum atomic E-state index is 6.62. The van der Waals surface area contributed by atoms with Crippen LogP contribution >= 0.6 is 6.19 Å². The molecular weight excluding hydrogens is 499 g/mol. The molecule has 0 radical (unpaired) electrons. The van der Waals surface area contributed by atoms with Gasteiger partial charge >= 0.3 is 0 Å². The largest absolute Gasteiger partial charge is 0.377 e. The minimum Gasteiger partial charge on any atom is -0.377 e. The number of fused-ring (bicyclic) bond motifs is 2. The van der Waals surface area contributed by atoms with Gasteiger partial charge in [0.05, 0.1) is 6.19 Å². The zero-order valence-corrected chi connectivity index (χ0v) is 23.2. The number of benzene rings is 6. The molecule has 1 N–H and O–H groups in total. The molecule has 0 aliphatic rings. The zero-order chi connectivity index (χ0) is 26.1. The van der Waals surface area contributed by atoms with Gasteiger partial charge in [-0.1, -0.05) is 133 Å². The average molecular weight is 529 g/mol. The van der Waals surface area contributed by atoms with E-state index in [9.17, 15) is 0 Å². The van der Waals surface area contributed by atoms with Crippen LogP contribution < -0.4 is 20.6 Å². The van der Waals surface area contributed by atoms with Crippen LogP contribution in [0.15, 0.2) is 133 Å². The summed E-state index contributed by atoms with van der Waals surface area (Å²) in [5.41, 5.74) is 4.63. The van der Waals surface area contributed by atoms with Crippen LogP contribution in [-0.2, 0) is 11.8 Å². The summed E-state index contributed by atoms with van der Waals surface area (Å²) in [7, 11) is 4.23. The van der Waals surface area contributed by atoms with Crippen LogP contribution in [-0.4, -0.2) is 14.1 Å². The number of rotatable bonds is 6. The Morgan fingerprint density at radius 2 is 1.00 bits per heavy atom. The van der Waals surface area contributed by atoms with E-state index in [0.29, 0.717) is 0 Å². The molecular formula is C34H29N2PS. The van der Waals surface area contributed by atoms with E-state index < -0.39 is 6.19 Å². The highest BCUT2D eigenvalue weighted by Gasteiger charge is 2.25. The van der Waals surface area contributed by atoms with Crippen LogP contribution in [0.2, 0.25) is 0 Å². The molecule has 4 heteroatoms. The fourth-order valence-corrected chi connectivity index (χ4v) is 8.54. The first-order valence-corrected chi connectivity index (χ1v) is 15.6. The van der Waals surface area contributed by atoms with Gasteiger partial charge in [-0.2, -0.15) is 0 Å². The molecule has 0 unspecified atom stereocenters. The molecule has 6 aromatic carbocycles. The van der Waals surface area contributed by atoms with E-state index in [0.717, 1.165) is 16.3 Å². The maximum absolute atomic E-state index is 6.62. The van der Waals surface area contributed by atoms with Crippen molar-refractivity contribution in [1.29, 1.82) is 0 Å². The molecule has 0 spiro atoms. The van der Waals surface area contributed by atoms with Gasteiger partial charge in [0.15, 0.2) is 0 Å². The fourth-order valence-electron chi connectivity index (χ4n) is 5.25. The molecule has 0 saturated heterocycles. The lowest BCUT2D eigenvalue weighted by molar-refractivity contribution is 1.14. The van der Waals surface area contributed by atoms with Crippen LogP contribution in [0.25, 0.3) is 32.7 Å². The summed E-state index contributed by atoms with van der Waals surface area (Å²) in [6, 6.07) is 47.2. The van der Waals surface area contributed by atoms with Crippen molar-refractivity contribution in [2.45, 2.75) is 0 Å². The third-order valence-corrected chi connectivity index (χ3v) is 11.2. The van der Waals surface area contributed by atoms with E-state index in [1.807, 2.05) is 0 Å². The Morgan fingerprint density at radius 3 is 1.55 bits per heavy atom. The van der Waals surface area contributed by atoms with E-state index in [4.69, 9.17) is 11.8 Å². The van der Waals surface area contributed by atoms with Crippen molar-refractivity contribution < 1.29 is 0 Å². The first kappa shape index (κ1) is 24.4. The molecule has 186 valence electrons. The molecule has 0 fully saturated rings. The van der Waals surface area contributed by atoms with Gasteiger partial charge < -0.3 is 9.99 Å². The van der Waals surface area contributed by atoms with Gasteiger partial charge in [-0.25, -0.2) is 0 Å². The number of anilines is 2. The van der Waals surface area contributed by atoms with Gasteiger partial charge in [0.2, 0.25) is 0 Å². The second-order valence-corrected chi connectivity index (χ2v) is 13.8. The fraction of sp³-hybridized carbons (Fsp3) is 0.0588. The third kappa shape index (κ3) is 4.28. The third-order valence-electron chi connectivity index (χ3n) is 7.09. The van der Waals surface area contributed by atoms with Gasteiger partial charge in [-0.3, -0.25) is 0 Å². The first-order valence-electron chi connectivity index (χ1n) is 12.8. The first-order chi connectivity index (χ1) is 18.6. The SMILES string of the molecule is CN(C)c1ccc2ccccc2c1-c1c(NP(=S)(c2ccccc2)c2ccccc2)ccc2ccccc12. The monoisotopic (exact) mass is 528 g/mol. The highest BCUT2D eigenvalue weighted by Crippen LogP contribution is 2.50. The number of hydrogen-bond acceptors (Lipinski definition) is 2. The van der Waals surface area contributed by atoms with Crippen molar-refractivity contribution in [2.75, 3.05) is 24.1 Å². The van der Waals surface area contributed by atoms with Crippen LogP contribution in [0.4, 0.5) is 11.4 Å². The lowest BCUT2D eigenvalue weighted by atomic mass is 9.91. The van der Waals surface area contributed by atoms with Gasteiger partial charge in [0.25, 0.3) is 0 Å². The van der Waals surface area contributed by atoms with Gasteiger partial charge in [0, 0.05) is 47.2 Å². The lowest BCUT2D eigenvalue weighted by Gasteiger charge is -2.29. The van der Waals surface area contributed by atoms with Gasteiger partial charge in [-0.15, -0.1) is 0 Å². The molecule has 2 nitrogen and oxygen atoms in total. The van der Waals surface area contributed by atoms with Gasteiger partial charge in [-0.05, 0) is 33.7 Å². The molecule has 0 heterocycles. The maximum Gasteiger partial charge on any atom is 0.0903 e. The predicted molar refractivity (Wildman–Crippen MR) is 171 cm³/mol. The molecule has 38 heavy (non-hydrogen) atoms. The normalized spacial score (nSPS) is 11.5. The van der Waals surface area contributed by atoms with Crippen LogP contribution in [0.5, 0.6) is 0 Å². The molecule has 0 bridgehead atoms. The Kier molecular flexibility index (Phi) is 6.49. The molecule has 0 amide bonds. The quantitative estimate of drug-likeness (QED) is 0.220. The number of nitrogens with zero attached hydrogens (tertiary/aromatic N) is 1. The molecule has 6 rings (SSSR count). The van der Waals surface area contributed by atoms with Crippen molar-refractivity contribution >= 4 is 61.5 Å². The molecule has 0 saturated carbocycles. The van der Waals surface area contributed by atoms with Crippen molar-refractivity contribution in [3.8, 4) is 11.1 Å². The van der Waals surface area contributed by atoms with Crippen molar-refractivity contribution in [2.24, 2.45) is 0 Å². The predicted octanol–water partition coefficient (Wildman–Crippen LogP) is 8.18. The molecule has 0 aliphatic carbocycles. The van der Waals surface area contributed by atoms with E-state index in [1.165, 1.54) is 38.4 Å². The van der Waals surface area contributed by atoms with Crippen molar-refractivity contribution in [3.63, 3.8) is 0 Å². The summed E-state index contributed by atoms with van der Waals surface area (Å²) in [6.07, 6.45) is -2.40. The Balaban J connectivity index is 1.69. The van der Waals surface area contributed by atoms with E-state index >= 15 is 0 Å². The highest BCUT2D eigenvalue weighted by molar-refractivity contribution is 8.22. The lowest BCUT2D eigenvalue weighted by Crippen LogP contribution is -2.21. The summed E-state index contributed by atoms with van der Waals surface area (Å²) in [4.78, 5) is 2.21. The summed E-state index contributed by atoms with van der Waals surface area (Å²) in [5, 5.41) is 11.1. The smallest absolute Gasteiger partial charge is 0.0903 e. The Bertz CT molecular complexity index is 1750. The van der Waals surface area contributed by atoms with Gasteiger partial charge in [0.1, 0.15) is 0 Å². The molecule has 0 aromatic heterocycles. The minimum atomic E-state index is -2.40. The summed E-state index contributed by atoms with van der Waals surface area (Å²) in [6.45, 7) is 0. The Hall–Kier alpha value is -3.91. The van der Waals surface area contributed by atoms with Crippen LogP contribution in [0.3, 0.4) is 0 Å². The van der Waals surface area contributed by atoms with Crippen LogP contribution in [0, 0.1) is 0 Å². The topological polar surface area (TPSA) is 15.3 Å². The highest BCUT2D eigenvalue weighted by atomic mass is 32.4. The zero-order valence-electron chi connectivity index (χ0n) is 21.5. The summed E-state index contributed by atoms with van der Waals surface area (Å²) >= 11 is 6.62. The standard InChI is InChI=1S/C34H29N2PS/c1-36(2)32-24-22-26-14-10-12-20-30(26)34(32)33-29-19-11-9-13-25(29)21-23-31(33)35-37(38,27-15-5-3-6-16-27)28-17-7-4-8-18-28/h3-24H,1-2H3,(H,35,38). The second-order valence-electron chi connectivity index (χ2n) is 9.68. The second kappa shape index (κ2) is 10.1. The van der Waals surface area contributed by atoms with Crippen LogP contribution in [0.1, 0.15) is 0 Å². The molecule has 0 aliphatic heterocycles. The van der Waals surface area contributed by atoms with E-state index in [-0.39, 0.29) is 0 Å². The van der Waals surface area contributed by atoms with Crippen molar-refractivity contribution in [3.05, 3.63) is 133 Å². The van der Waals surface area contributed by atoms with E-state index in [2.05, 4.69) is 158 Å². The molecule has 6 aromatic rings. The Labute approximate surface area is 229 Å².